The normalized spacial score (nSPS) is 12.7. The van der Waals surface area contributed by atoms with Crippen molar-refractivity contribution in [2.75, 3.05) is 26.3 Å². The molecule has 0 aliphatic rings. The van der Waals surface area contributed by atoms with Gasteiger partial charge in [0.15, 0.2) is 0 Å². The van der Waals surface area contributed by atoms with Crippen molar-refractivity contribution >= 4 is 0 Å². The molecule has 5 heteroatoms. The van der Waals surface area contributed by atoms with Crippen LogP contribution in [0, 0.1) is 6.92 Å². The number of nitrogens with one attached hydrogen (secondary N) is 1. The average Bonchev–Trinajstić information content (AvgIpc) is 2.65. The number of aromatic nitrogens is 2. The number of hydrogen-bond acceptors (Lipinski definition) is 4. The van der Waals surface area contributed by atoms with Crippen molar-refractivity contribution < 1.29 is 4.74 Å². The van der Waals surface area contributed by atoms with Crippen molar-refractivity contribution in [2.24, 2.45) is 12.8 Å². The number of hydrogen-bond donors (Lipinski definition) is 2. The number of nitrogens with zero attached hydrogens (tertiary/aromatic N) is 2. The molecule has 1 atom stereocenters. The van der Waals surface area contributed by atoms with Gasteiger partial charge in [-0.1, -0.05) is 12.2 Å². The Kier molecular flexibility index (Phi) is 6.04. The Morgan fingerprint density at radius 3 is 2.89 bits per heavy atom. The number of rotatable bonds is 8. The van der Waals surface area contributed by atoms with E-state index in [9.17, 15) is 0 Å². The van der Waals surface area contributed by atoms with E-state index in [2.05, 4.69) is 17.0 Å². The van der Waals surface area contributed by atoms with Crippen LogP contribution in [-0.2, 0) is 11.8 Å². The Bertz CT molecular complexity index is 386. The molecule has 5 nitrogen and oxygen atoms in total. The van der Waals surface area contributed by atoms with Gasteiger partial charge in [0.1, 0.15) is 0 Å². The Morgan fingerprint density at radius 2 is 2.39 bits per heavy atom. The van der Waals surface area contributed by atoms with Crippen LogP contribution in [0.2, 0.25) is 0 Å². The Hall–Kier alpha value is -1.17. The van der Waals surface area contributed by atoms with E-state index in [0.29, 0.717) is 19.8 Å². The van der Waals surface area contributed by atoms with Crippen molar-refractivity contribution in [3.8, 4) is 0 Å². The van der Waals surface area contributed by atoms with Crippen LogP contribution in [0.1, 0.15) is 24.2 Å². The van der Waals surface area contributed by atoms with E-state index in [1.807, 2.05) is 31.8 Å². The molecule has 0 bridgehead atoms. The minimum atomic E-state index is 0.132. The van der Waals surface area contributed by atoms with Gasteiger partial charge in [-0.2, -0.15) is 5.10 Å². The lowest BCUT2D eigenvalue weighted by atomic mass is 10.1. The summed E-state index contributed by atoms with van der Waals surface area (Å²) in [5, 5.41) is 7.61. The fourth-order valence-electron chi connectivity index (χ4n) is 1.73. The summed E-state index contributed by atoms with van der Waals surface area (Å²) in [4.78, 5) is 0. The van der Waals surface area contributed by atoms with E-state index >= 15 is 0 Å². The second-order valence-electron chi connectivity index (χ2n) is 4.56. The van der Waals surface area contributed by atoms with Gasteiger partial charge in [0.25, 0.3) is 0 Å². The van der Waals surface area contributed by atoms with Crippen molar-refractivity contribution in [3.05, 3.63) is 29.6 Å². The predicted octanol–water partition coefficient (Wildman–Crippen LogP) is 0.911. The van der Waals surface area contributed by atoms with Gasteiger partial charge in [-0.3, -0.25) is 4.68 Å². The van der Waals surface area contributed by atoms with Crippen LogP contribution in [0.5, 0.6) is 0 Å². The summed E-state index contributed by atoms with van der Waals surface area (Å²) in [5.74, 6) is 0. The molecule has 3 N–H and O–H groups in total. The van der Waals surface area contributed by atoms with Crippen LogP contribution in [0.3, 0.4) is 0 Å². The zero-order chi connectivity index (χ0) is 13.5. The van der Waals surface area contributed by atoms with Gasteiger partial charge in [-0.15, -0.1) is 0 Å². The Balaban J connectivity index is 2.38. The van der Waals surface area contributed by atoms with Crippen LogP contribution in [0.25, 0.3) is 0 Å². The lowest BCUT2D eigenvalue weighted by Gasteiger charge is -2.16. The van der Waals surface area contributed by atoms with Gasteiger partial charge in [-0.25, -0.2) is 0 Å². The molecule has 0 amide bonds. The first-order valence-corrected chi connectivity index (χ1v) is 6.20. The Morgan fingerprint density at radius 1 is 1.67 bits per heavy atom. The van der Waals surface area contributed by atoms with E-state index in [0.717, 1.165) is 23.4 Å². The average molecular weight is 252 g/mol. The van der Waals surface area contributed by atoms with Gasteiger partial charge in [0.2, 0.25) is 0 Å². The highest BCUT2D eigenvalue weighted by Crippen LogP contribution is 2.15. The van der Waals surface area contributed by atoms with Crippen LogP contribution in [0.15, 0.2) is 18.3 Å². The fraction of sp³-hybridized carbons (Fsp3) is 0.615. The molecular formula is C13H24N4O. The molecular weight excluding hydrogens is 228 g/mol. The van der Waals surface area contributed by atoms with Crippen molar-refractivity contribution in [1.82, 2.24) is 15.1 Å². The highest BCUT2D eigenvalue weighted by molar-refractivity contribution is 5.20. The third-order valence-corrected chi connectivity index (χ3v) is 2.87. The maximum atomic E-state index is 5.79. The quantitative estimate of drug-likeness (QED) is 0.533. The Labute approximate surface area is 109 Å². The first-order valence-electron chi connectivity index (χ1n) is 6.20. The second-order valence-corrected chi connectivity index (χ2v) is 4.56. The number of ether oxygens (including phenoxy) is 1. The summed E-state index contributed by atoms with van der Waals surface area (Å²) >= 11 is 0. The topological polar surface area (TPSA) is 65.1 Å². The number of aryl methyl sites for hydroxylation is 1. The lowest BCUT2D eigenvalue weighted by molar-refractivity contribution is 0.155. The lowest BCUT2D eigenvalue weighted by Crippen LogP contribution is -2.31. The minimum Gasteiger partial charge on any atom is -0.376 e. The molecule has 1 unspecified atom stereocenters. The third kappa shape index (κ3) is 4.25. The van der Waals surface area contributed by atoms with E-state index in [-0.39, 0.29) is 6.04 Å². The maximum absolute atomic E-state index is 5.79. The van der Waals surface area contributed by atoms with E-state index in [4.69, 9.17) is 10.5 Å². The van der Waals surface area contributed by atoms with E-state index in [1.165, 1.54) is 0 Å². The van der Waals surface area contributed by atoms with Crippen LogP contribution in [-0.4, -0.2) is 36.1 Å². The molecule has 0 spiro atoms. The largest absolute Gasteiger partial charge is 0.376 e. The fourth-order valence-corrected chi connectivity index (χ4v) is 1.73. The van der Waals surface area contributed by atoms with Crippen LogP contribution in [0.4, 0.5) is 0 Å². The van der Waals surface area contributed by atoms with Gasteiger partial charge >= 0.3 is 0 Å². The molecule has 0 saturated carbocycles. The summed E-state index contributed by atoms with van der Waals surface area (Å²) in [6, 6.07) is 0.132. The summed E-state index contributed by atoms with van der Waals surface area (Å²) in [6.45, 7) is 10.4. The van der Waals surface area contributed by atoms with Gasteiger partial charge in [0, 0.05) is 37.4 Å². The van der Waals surface area contributed by atoms with Gasteiger partial charge in [0.05, 0.1) is 19.4 Å². The molecule has 0 radical (unpaired) electrons. The molecule has 0 aliphatic heterocycles. The first kappa shape index (κ1) is 14.9. The van der Waals surface area contributed by atoms with Crippen molar-refractivity contribution in [2.45, 2.75) is 19.9 Å². The second kappa shape index (κ2) is 7.31. The SMILES string of the molecule is C=C(C)COCCNC(CN)c1cnn(C)c1C. The van der Waals surface area contributed by atoms with Gasteiger partial charge in [-0.05, 0) is 13.8 Å². The number of nitrogens with two attached hydrogens (primary N) is 1. The molecule has 0 saturated heterocycles. The van der Waals surface area contributed by atoms with Crippen molar-refractivity contribution in [3.63, 3.8) is 0 Å². The maximum Gasteiger partial charge on any atom is 0.0672 e. The van der Waals surface area contributed by atoms with E-state index in [1.54, 1.807) is 0 Å². The predicted molar refractivity (Wildman–Crippen MR) is 73.4 cm³/mol. The highest BCUT2D eigenvalue weighted by atomic mass is 16.5. The van der Waals surface area contributed by atoms with Crippen molar-refractivity contribution in [1.29, 1.82) is 0 Å². The van der Waals surface area contributed by atoms with E-state index < -0.39 is 0 Å². The molecule has 0 fully saturated rings. The molecule has 18 heavy (non-hydrogen) atoms. The van der Waals surface area contributed by atoms with Gasteiger partial charge < -0.3 is 15.8 Å². The molecule has 1 heterocycles. The monoisotopic (exact) mass is 252 g/mol. The zero-order valence-corrected chi connectivity index (χ0v) is 11.6. The minimum absolute atomic E-state index is 0.132. The molecule has 1 aromatic rings. The first-order chi connectivity index (χ1) is 8.56. The smallest absolute Gasteiger partial charge is 0.0672 e. The molecule has 0 aromatic carbocycles. The van der Waals surface area contributed by atoms with Crippen LogP contribution >= 0.6 is 0 Å². The summed E-state index contributed by atoms with van der Waals surface area (Å²) in [7, 11) is 1.93. The standard InChI is InChI=1S/C13H24N4O/c1-10(2)9-18-6-5-15-13(7-14)12-8-16-17(4)11(12)3/h8,13,15H,1,5-7,9,14H2,2-4H3. The molecule has 1 aromatic heterocycles. The zero-order valence-electron chi connectivity index (χ0n) is 11.6. The summed E-state index contributed by atoms with van der Waals surface area (Å²) in [5.41, 5.74) is 9.12. The van der Waals surface area contributed by atoms with Crippen LogP contribution < -0.4 is 11.1 Å². The summed E-state index contributed by atoms with van der Waals surface area (Å²) < 4.78 is 7.30. The molecule has 1 rings (SSSR count). The molecule has 102 valence electrons. The summed E-state index contributed by atoms with van der Waals surface area (Å²) in [6.07, 6.45) is 1.87. The third-order valence-electron chi connectivity index (χ3n) is 2.87. The highest BCUT2D eigenvalue weighted by Gasteiger charge is 2.14. The molecule has 0 aliphatic carbocycles.